The Morgan fingerprint density at radius 2 is 2.00 bits per heavy atom. The molecule has 2 atom stereocenters. The van der Waals surface area contributed by atoms with Crippen LogP contribution < -0.4 is 4.74 Å². The lowest BCUT2D eigenvalue weighted by molar-refractivity contribution is 0.0318. The van der Waals surface area contributed by atoms with Gasteiger partial charge in [0.2, 0.25) is 0 Å². The first-order valence-corrected chi connectivity index (χ1v) is 6.29. The number of hydrogen-bond donors (Lipinski definition) is 1. The Morgan fingerprint density at radius 1 is 1.22 bits per heavy atom. The van der Waals surface area contributed by atoms with Crippen molar-refractivity contribution < 1.29 is 19.0 Å². The minimum Gasteiger partial charge on any atom is -0.488 e. The van der Waals surface area contributed by atoms with Gasteiger partial charge in [0, 0.05) is 11.6 Å². The molecule has 0 bridgehead atoms. The predicted molar refractivity (Wildman–Crippen MR) is 65.3 cm³/mol. The average Bonchev–Trinajstić information content (AvgIpc) is 2.54. The number of rotatable bonds is 3. The van der Waals surface area contributed by atoms with Crippen molar-refractivity contribution in [1.29, 1.82) is 0 Å². The number of aliphatic hydroxyl groups excluding tert-OH is 1. The van der Waals surface area contributed by atoms with Crippen LogP contribution in [0.15, 0.2) is 18.2 Å². The van der Waals surface area contributed by atoms with Crippen molar-refractivity contribution in [1.82, 2.24) is 0 Å². The summed E-state index contributed by atoms with van der Waals surface area (Å²) in [6, 6.07) is 3.89. The number of carbonyl (C=O) groups is 1. The fraction of sp³-hybridized carbons (Fsp3) is 0.500. The van der Waals surface area contributed by atoms with E-state index < -0.39 is 11.9 Å². The van der Waals surface area contributed by atoms with E-state index in [-0.39, 0.29) is 11.7 Å². The van der Waals surface area contributed by atoms with Crippen molar-refractivity contribution in [2.45, 2.75) is 44.3 Å². The van der Waals surface area contributed by atoms with Crippen LogP contribution >= 0.6 is 0 Å². The van der Waals surface area contributed by atoms with Gasteiger partial charge in [-0.1, -0.05) is 12.8 Å². The number of ether oxygens (including phenoxy) is 1. The summed E-state index contributed by atoms with van der Waals surface area (Å²) in [5, 5.41) is 9.92. The molecule has 1 aliphatic carbocycles. The number of carbonyl (C=O) groups excluding carboxylic acids is 1. The topological polar surface area (TPSA) is 46.5 Å². The van der Waals surface area contributed by atoms with E-state index in [0.29, 0.717) is 18.5 Å². The molecule has 0 radical (unpaired) electrons. The third-order valence-electron chi connectivity index (χ3n) is 3.23. The zero-order valence-corrected chi connectivity index (χ0v) is 10.1. The standard InChI is InChI=1S/C14H17FO3/c15-11-6-10(9-16)7-12(8-11)18-14-5-3-1-2-4-13(14)17/h6-9,13-14,17H,1-5H2. The van der Waals surface area contributed by atoms with Crippen molar-refractivity contribution >= 4 is 6.29 Å². The monoisotopic (exact) mass is 252 g/mol. The quantitative estimate of drug-likeness (QED) is 0.664. The molecule has 0 heterocycles. The molecule has 2 rings (SSSR count). The van der Waals surface area contributed by atoms with Gasteiger partial charge in [-0.05, 0) is 31.4 Å². The third-order valence-corrected chi connectivity index (χ3v) is 3.23. The maximum Gasteiger partial charge on any atom is 0.150 e. The van der Waals surface area contributed by atoms with Crippen molar-refractivity contribution in [2.24, 2.45) is 0 Å². The second kappa shape index (κ2) is 5.96. The van der Waals surface area contributed by atoms with E-state index in [1.807, 2.05) is 0 Å². The molecule has 0 aromatic heterocycles. The fourth-order valence-electron chi connectivity index (χ4n) is 2.29. The molecule has 1 fully saturated rings. The Hall–Kier alpha value is -1.42. The molecule has 1 aromatic carbocycles. The molecule has 0 spiro atoms. The minimum absolute atomic E-state index is 0.244. The summed E-state index contributed by atoms with van der Waals surface area (Å²) < 4.78 is 18.9. The van der Waals surface area contributed by atoms with Gasteiger partial charge < -0.3 is 9.84 Å². The summed E-state index contributed by atoms with van der Waals surface area (Å²) in [6.07, 6.45) is 4.29. The van der Waals surface area contributed by atoms with Crippen molar-refractivity contribution in [3.05, 3.63) is 29.6 Å². The fourth-order valence-corrected chi connectivity index (χ4v) is 2.29. The van der Waals surface area contributed by atoms with E-state index in [0.717, 1.165) is 31.7 Å². The Balaban J connectivity index is 2.11. The van der Waals surface area contributed by atoms with Gasteiger partial charge in [0.1, 0.15) is 24.0 Å². The highest BCUT2D eigenvalue weighted by Gasteiger charge is 2.23. The van der Waals surface area contributed by atoms with Gasteiger partial charge in [-0.15, -0.1) is 0 Å². The van der Waals surface area contributed by atoms with Crippen molar-refractivity contribution in [3.8, 4) is 5.75 Å². The molecule has 4 heteroatoms. The highest BCUT2D eigenvalue weighted by atomic mass is 19.1. The van der Waals surface area contributed by atoms with Crippen LogP contribution in [0.25, 0.3) is 0 Å². The molecule has 1 N–H and O–H groups in total. The Kier molecular flexibility index (Phi) is 4.31. The van der Waals surface area contributed by atoms with Crippen LogP contribution in [-0.4, -0.2) is 23.6 Å². The number of halogens is 1. The number of aliphatic hydroxyl groups is 1. The summed E-state index contributed by atoms with van der Waals surface area (Å²) in [5.41, 5.74) is 0.244. The molecule has 0 aliphatic heterocycles. The molecular weight excluding hydrogens is 235 g/mol. The van der Waals surface area contributed by atoms with Gasteiger partial charge in [0.25, 0.3) is 0 Å². The highest BCUT2D eigenvalue weighted by Crippen LogP contribution is 2.24. The van der Waals surface area contributed by atoms with Gasteiger partial charge in [-0.2, -0.15) is 0 Å². The van der Waals surface area contributed by atoms with Crippen molar-refractivity contribution in [3.63, 3.8) is 0 Å². The molecule has 0 amide bonds. The van der Waals surface area contributed by atoms with E-state index in [4.69, 9.17) is 4.74 Å². The molecule has 2 unspecified atom stereocenters. The number of benzene rings is 1. The van der Waals surface area contributed by atoms with Crippen molar-refractivity contribution in [2.75, 3.05) is 0 Å². The molecule has 1 aliphatic rings. The van der Waals surface area contributed by atoms with E-state index in [9.17, 15) is 14.3 Å². The molecule has 18 heavy (non-hydrogen) atoms. The van der Waals surface area contributed by atoms with Crippen LogP contribution in [0.2, 0.25) is 0 Å². The molecule has 98 valence electrons. The zero-order chi connectivity index (χ0) is 13.0. The summed E-state index contributed by atoms with van der Waals surface area (Å²) >= 11 is 0. The van der Waals surface area contributed by atoms with E-state index >= 15 is 0 Å². The Morgan fingerprint density at radius 3 is 2.78 bits per heavy atom. The predicted octanol–water partition coefficient (Wildman–Crippen LogP) is 2.71. The van der Waals surface area contributed by atoms with Crippen LogP contribution in [0.1, 0.15) is 42.5 Å². The normalized spacial score (nSPS) is 24.3. The lowest BCUT2D eigenvalue weighted by atomic mass is 10.1. The van der Waals surface area contributed by atoms with Crippen LogP contribution in [0.5, 0.6) is 5.75 Å². The first-order chi connectivity index (χ1) is 8.69. The Bertz CT molecular complexity index is 420. The van der Waals surface area contributed by atoms with E-state index in [1.165, 1.54) is 12.1 Å². The average molecular weight is 252 g/mol. The van der Waals surface area contributed by atoms with Gasteiger partial charge in [0.05, 0.1) is 6.10 Å². The summed E-state index contributed by atoms with van der Waals surface area (Å²) in [7, 11) is 0. The summed E-state index contributed by atoms with van der Waals surface area (Å²) in [6.45, 7) is 0. The second-order valence-corrected chi connectivity index (χ2v) is 4.70. The maximum atomic E-state index is 13.2. The van der Waals surface area contributed by atoms with Gasteiger partial charge in [-0.3, -0.25) is 4.79 Å². The largest absolute Gasteiger partial charge is 0.488 e. The Labute approximate surface area is 106 Å². The summed E-state index contributed by atoms with van der Waals surface area (Å²) in [4.78, 5) is 10.7. The SMILES string of the molecule is O=Cc1cc(F)cc(OC2CCCCCC2O)c1. The lowest BCUT2D eigenvalue weighted by Gasteiger charge is -2.22. The second-order valence-electron chi connectivity index (χ2n) is 4.70. The van der Waals surface area contributed by atoms with E-state index in [2.05, 4.69) is 0 Å². The first-order valence-electron chi connectivity index (χ1n) is 6.29. The summed E-state index contributed by atoms with van der Waals surface area (Å²) in [5.74, 6) is -0.194. The molecule has 1 aromatic rings. The van der Waals surface area contributed by atoms with Crippen LogP contribution in [0.3, 0.4) is 0 Å². The number of aldehydes is 1. The lowest BCUT2D eigenvalue weighted by Crippen LogP contribution is -2.30. The molecule has 3 nitrogen and oxygen atoms in total. The van der Waals surface area contributed by atoms with Crippen LogP contribution in [0.4, 0.5) is 4.39 Å². The zero-order valence-electron chi connectivity index (χ0n) is 10.1. The van der Waals surface area contributed by atoms with Gasteiger partial charge in [0.15, 0.2) is 0 Å². The van der Waals surface area contributed by atoms with E-state index in [1.54, 1.807) is 0 Å². The van der Waals surface area contributed by atoms with Crippen LogP contribution in [0, 0.1) is 5.82 Å². The van der Waals surface area contributed by atoms with Gasteiger partial charge >= 0.3 is 0 Å². The molecular formula is C14H17FO3. The highest BCUT2D eigenvalue weighted by molar-refractivity contribution is 5.75. The smallest absolute Gasteiger partial charge is 0.150 e. The number of hydrogen-bond acceptors (Lipinski definition) is 3. The first kappa shape index (κ1) is 13.0. The van der Waals surface area contributed by atoms with Gasteiger partial charge in [-0.25, -0.2) is 4.39 Å². The maximum absolute atomic E-state index is 13.2. The molecule has 0 saturated heterocycles. The minimum atomic E-state index is -0.518. The van der Waals surface area contributed by atoms with Crippen LogP contribution in [-0.2, 0) is 0 Å². The third kappa shape index (κ3) is 3.29. The molecule has 1 saturated carbocycles.